The van der Waals surface area contributed by atoms with Crippen LogP contribution in [0.2, 0.25) is 0 Å². The lowest BCUT2D eigenvalue weighted by atomic mass is 10.2. The number of hydrogen-bond acceptors (Lipinski definition) is 11. The van der Waals surface area contributed by atoms with Gasteiger partial charge in [-0.3, -0.25) is 19.7 Å². The number of ketones is 1. The maximum absolute atomic E-state index is 12.2. The topological polar surface area (TPSA) is 151 Å². The van der Waals surface area contributed by atoms with Crippen LogP contribution in [0, 0.1) is 10.1 Å². The Balaban J connectivity index is 1.73. The molecule has 0 unspecified atom stereocenters. The summed E-state index contributed by atoms with van der Waals surface area (Å²) in [5.41, 5.74) is -0.268. The van der Waals surface area contributed by atoms with Gasteiger partial charge in [0.2, 0.25) is 5.82 Å². The number of rotatable bonds is 11. The van der Waals surface area contributed by atoms with Gasteiger partial charge in [0, 0.05) is 18.9 Å². The van der Waals surface area contributed by atoms with Gasteiger partial charge in [-0.1, -0.05) is 12.1 Å². The van der Waals surface area contributed by atoms with Crippen molar-refractivity contribution in [3.8, 4) is 11.6 Å². The van der Waals surface area contributed by atoms with Crippen molar-refractivity contribution in [3.05, 3.63) is 70.6 Å². The van der Waals surface area contributed by atoms with Crippen molar-refractivity contribution in [2.45, 2.75) is 26.8 Å². The van der Waals surface area contributed by atoms with Gasteiger partial charge >= 0.3 is 17.5 Å². The third-order valence-electron chi connectivity index (χ3n) is 5.13. The van der Waals surface area contributed by atoms with Gasteiger partial charge in [0.1, 0.15) is 12.1 Å². The molecule has 0 saturated heterocycles. The highest BCUT2D eigenvalue weighted by Crippen LogP contribution is 2.39. The first-order chi connectivity index (χ1) is 17.4. The lowest BCUT2D eigenvalue weighted by Gasteiger charge is -2.22. The van der Waals surface area contributed by atoms with Crippen molar-refractivity contribution in [2.24, 2.45) is 0 Å². The average molecular weight is 494 g/mol. The van der Waals surface area contributed by atoms with Gasteiger partial charge in [0.15, 0.2) is 22.9 Å². The van der Waals surface area contributed by atoms with Gasteiger partial charge in [-0.05, 0) is 31.2 Å². The number of furan rings is 2. The minimum Gasteiger partial charge on any atom is -0.467 e. The van der Waals surface area contributed by atoms with Crippen molar-refractivity contribution in [1.82, 2.24) is 9.97 Å². The smallest absolute Gasteiger partial charge is 0.373 e. The SMILES string of the molecule is CCOC(=O)CCN(Cc1ccco1)c1ncnc(Oc2cccc3cc(C(C)=O)oc23)c1[N+](=O)[O-]. The van der Waals surface area contributed by atoms with Gasteiger partial charge < -0.3 is 23.2 Å². The first-order valence-corrected chi connectivity index (χ1v) is 11.0. The molecule has 0 aliphatic heterocycles. The molecule has 0 amide bonds. The second-order valence-electron chi connectivity index (χ2n) is 7.61. The van der Waals surface area contributed by atoms with E-state index in [1.165, 1.54) is 18.1 Å². The molecule has 0 aliphatic carbocycles. The Morgan fingerprint density at radius 1 is 1.19 bits per heavy atom. The molecule has 0 saturated carbocycles. The summed E-state index contributed by atoms with van der Waals surface area (Å²) in [7, 11) is 0. The molecule has 36 heavy (non-hydrogen) atoms. The van der Waals surface area contributed by atoms with Crippen LogP contribution in [-0.4, -0.2) is 39.8 Å². The average Bonchev–Trinajstić information content (AvgIpc) is 3.52. The van der Waals surface area contributed by atoms with Crippen LogP contribution < -0.4 is 9.64 Å². The van der Waals surface area contributed by atoms with E-state index in [0.29, 0.717) is 11.1 Å². The summed E-state index contributed by atoms with van der Waals surface area (Å²) < 4.78 is 21.8. The zero-order valence-corrected chi connectivity index (χ0v) is 19.5. The number of benzene rings is 1. The molecule has 3 aromatic heterocycles. The predicted molar refractivity (Wildman–Crippen MR) is 126 cm³/mol. The summed E-state index contributed by atoms with van der Waals surface area (Å²) in [5, 5.41) is 12.8. The number of carbonyl (C=O) groups is 2. The number of anilines is 1. The maximum atomic E-state index is 12.2. The molecule has 12 nitrogen and oxygen atoms in total. The number of nitrogens with zero attached hydrogens (tertiary/aromatic N) is 4. The van der Waals surface area contributed by atoms with Crippen molar-refractivity contribution in [1.29, 1.82) is 0 Å². The molecule has 12 heteroatoms. The molecule has 0 N–H and O–H groups in total. The van der Waals surface area contributed by atoms with Crippen molar-refractivity contribution >= 4 is 34.2 Å². The summed E-state index contributed by atoms with van der Waals surface area (Å²) in [5.74, 6) is -0.366. The highest BCUT2D eigenvalue weighted by Gasteiger charge is 2.30. The van der Waals surface area contributed by atoms with Crippen molar-refractivity contribution in [3.63, 3.8) is 0 Å². The Bertz CT molecular complexity index is 1400. The number of nitro groups is 1. The zero-order valence-electron chi connectivity index (χ0n) is 19.5. The number of carbonyl (C=O) groups excluding carboxylic acids is 2. The fourth-order valence-corrected chi connectivity index (χ4v) is 3.52. The van der Waals surface area contributed by atoms with Gasteiger partial charge in [-0.25, -0.2) is 4.98 Å². The van der Waals surface area contributed by atoms with E-state index in [9.17, 15) is 19.7 Å². The van der Waals surface area contributed by atoms with Crippen LogP contribution in [0.3, 0.4) is 0 Å². The molecule has 4 aromatic rings. The summed E-state index contributed by atoms with van der Waals surface area (Å²) in [6, 6.07) is 9.87. The Labute approximate surface area is 204 Å². The molecule has 3 heterocycles. The fraction of sp³-hybridized carbons (Fsp3) is 0.250. The van der Waals surface area contributed by atoms with Crippen LogP contribution in [0.5, 0.6) is 11.6 Å². The number of fused-ring (bicyclic) bond motifs is 1. The number of hydrogen-bond donors (Lipinski definition) is 0. The van der Waals surface area contributed by atoms with Gasteiger partial charge in [-0.15, -0.1) is 0 Å². The third kappa shape index (κ3) is 5.32. The Hall–Kier alpha value is -4.74. The third-order valence-corrected chi connectivity index (χ3v) is 5.13. The van der Waals surface area contributed by atoms with E-state index in [1.54, 1.807) is 43.3 Å². The van der Waals surface area contributed by atoms with E-state index >= 15 is 0 Å². The van der Waals surface area contributed by atoms with Crippen LogP contribution in [0.25, 0.3) is 11.0 Å². The molecule has 0 spiro atoms. The first-order valence-electron chi connectivity index (χ1n) is 11.0. The summed E-state index contributed by atoms with van der Waals surface area (Å²) >= 11 is 0. The first kappa shape index (κ1) is 24.4. The summed E-state index contributed by atoms with van der Waals surface area (Å²) in [6.45, 7) is 3.43. The van der Waals surface area contributed by atoms with Gasteiger partial charge in [-0.2, -0.15) is 4.98 Å². The molecule has 4 rings (SSSR count). The number of esters is 1. The normalized spacial score (nSPS) is 10.8. The molecule has 0 aliphatic rings. The van der Waals surface area contributed by atoms with Gasteiger partial charge in [0.25, 0.3) is 0 Å². The molecular formula is C24H22N4O8. The molecular weight excluding hydrogens is 472 g/mol. The highest BCUT2D eigenvalue weighted by molar-refractivity contribution is 5.97. The van der Waals surface area contributed by atoms with Crippen LogP contribution in [0.1, 0.15) is 36.6 Å². The van der Waals surface area contributed by atoms with Crippen LogP contribution >= 0.6 is 0 Å². The fourth-order valence-electron chi connectivity index (χ4n) is 3.52. The highest BCUT2D eigenvalue weighted by atomic mass is 16.6. The Morgan fingerprint density at radius 3 is 2.72 bits per heavy atom. The van der Waals surface area contributed by atoms with Crippen molar-refractivity contribution in [2.75, 3.05) is 18.1 Å². The standard InChI is InChI=1S/C24H22N4O8/c1-3-33-20(30)9-10-27(13-17-7-5-11-34-17)23-21(28(31)32)24(26-14-25-23)36-18-8-4-6-16-12-19(15(2)29)35-22(16)18/h4-8,11-12,14H,3,9-10,13H2,1-2H3. The molecule has 0 atom stereocenters. The van der Waals surface area contributed by atoms with Crippen LogP contribution in [0.15, 0.2) is 57.8 Å². The minimum absolute atomic E-state index is 0.0363. The predicted octanol–water partition coefficient (Wildman–Crippen LogP) is 4.68. The van der Waals surface area contributed by atoms with Crippen molar-refractivity contribution < 1.29 is 32.8 Å². The van der Waals surface area contributed by atoms with E-state index < -0.39 is 16.6 Å². The summed E-state index contributed by atoms with van der Waals surface area (Å²) in [4.78, 5) is 44.9. The second-order valence-corrected chi connectivity index (χ2v) is 7.61. The zero-order chi connectivity index (χ0) is 25.7. The largest absolute Gasteiger partial charge is 0.467 e. The Kier molecular flexibility index (Phi) is 7.23. The van der Waals surface area contributed by atoms with Crippen LogP contribution in [0.4, 0.5) is 11.5 Å². The molecule has 0 bridgehead atoms. The van der Waals surface area contributed by atoms with Gasteiger partial charge in [0.05, 0.1) is 30.8 Å². The molecule has 1 aromatic carbocycles. The molecule has 0 radical (unpaired) electrons. The number of Topliss-reactive ketones (excluding diaryl/α,β-unsaturated/α-hetero) is 1. The summed E-state index contributed by atoms with van der Waals surface area (Å²) in [6.07, 6.45) is 2.56. The second kappa shape index (κ2) is 10.7. The molecule has 0 fully saturated rings. The lowest BCUT2D eigenvalue weighted by Crippen LogP contribution is -2.28. The van der Waals surface area contributed by atoms with E-state index in [4.69, 9.17) is 18.3 Å². The maximum Gasteiger partial charge on any atom is 0.373 e. The Morgan fingerprint density at radius 2 is 2.03 bits per heavy atom. The van der Waals surface area contributed by atoms with E-state index in [1.807, 2.05) is 0 Å². The monoisotopic (exact) mass is 494 g/mol. The number of para-hydroxylation sites is 1. The minimum atomic E-state index is -0.659. The van der Waals surface area contributed by atoms with E-state index in [0.717, 1.165) is 6.33 Å². The van der Waals surface area contributed by atoms with E-state index in [-0.39, 0.29) is 60.7 Å². The van der Waals surface area contributed by atoms with Crippen LogP contribution in [-0.2, 0) is 16.1 Å². The number of aromatic nitrogens is 2. The lowest BCUT2D eigenvalue weighted by molar-refractivity contribution is -0.385. The van der Waals surface area contributed by atoms with E-state index in [2.05, 4.69) is 9.97 Å². The molecule has 186 valence electrons. The quantitative estimate of drug-likeness (QED) is 0.124. The number of ether oxygens (including phenoxy) is 2.